The number of nitrogens with two attached hydrogens (primary N) is 1. The third kappa shape index (κ3) is 6.17. The Morgan fingerprint density at radius 1 is 0.806 bits per heavy atom. The lowest BCUT2D eigenvalue weighted by Crippen LogP contribution is -2.13. The van der Waals surface area contributed by atoms with Gasteiger partial charge in [0, 0.05) is 17.8 Å². The van der Waals surface area contributed by atoms with Crippen molar-refractivity contribution < 1.29 is 27.0 Å². The fraction of sp³-hybridized carbons (Fsp3) is 0. The number of anilines is 2. The number of nitro benzene ring substituents is 2. The average molecular weight is 452 g/mol. The molecular formula is C18H14F2N4O6S. The predicted octanol–water partition coefficient (Wildman–Crippen LogP) is 3.85. The molecule has 0 atom stereocenters. The number of nitrogens with one attached hydrogen (secondary N) is 1. The van der Waals surface area contributed by atoms with Crippen LogP contribution in [0.1, 0.15) is 0 Å². The summed E-state index contributed by atoms with van der Waals surface area (Å²) in [5, 5.41) is 20.7. The van der Waals surface area contributed by atoms with Crippen LogP contribution in [0.25, 0.3) is 0 Å². The molecule has 10 nitrogen and oxygen atoms in total. The summed E-state index contributed by atoms with van der Waals surface area (Å²) in [4.78, 5) is 19.0. The van der Waals surface area contributed by atoms with Gasteiger partial charge in [0.2, 0.25) is 11.6 Å². The molecule has 0 aliphatic heterocycles. The lowest BCUT2D eigenvalue weighted by molar-refractivity contribution is -0.387. The van der Waals surface area contributed by atoms with Gasteiger partial charge < -0.3 is 5.73 Å². The van der Waals surface area contributed by atoms with Crippen LogP contribution < -0.4 is 10.5 Å². The van der Waals surface area contributed by atoms with Gasteiger partial charge in [-0.3, -0.25) is 25.0 Å². The Labute approximate surface area is 174 Å². The van der Waals surface area contributed by atoms with E-state index in [4.69, 9.17) is 5.73 Å². The maximum absolute atomic E-state index is 13.2. The molecule has 0 saturated heterocycles. The minimum Gasteiger partial charge on any atom is -0.399 e. The first-order chi connectivity index (χ1) is 14.5. The van der Waals surface area contributed by atoms with Crippen molar-refractivity contribution in [3.05, 3.63) is 98.6 Å². The molecule has 0 heterocycles. The van der Waals surface area contributed by atoms with E-state index >= 15 is 0 Å². The molecule has 162 valence electrons. The van der Waals surface area contributed by atoms with Gasteiger partial charge >= 0.3 is 11.4 Å². The monoisotopic (exact) mass is 452 g/mol. The van der Waals surface area contributed by atoms with Gasteiger partial charge in [0.1, 0.15) is 0 Å². The van der Waals surface area contributed by atoms with Crippen LogP contribution in [0.15, 0.2) is 71.6 Å². The zero-order valence-corrected chi connectivity index (χ0v) is 16.3. The fourth-order valence-electron chi connectivity index (χ4n) is 2.20. The van der Waals surface area contributed by atoms with Crippen molar-refractivity contribution in [2.75, 3.05) is 10.5 Å². The molecule has 0 fully saturated rings. The van der Waals surface area contributed by atoms with E-state index in [1.54, 1.807) is 18.2 Å². The molecule has 0 aliphatic carbocycles. The summed E-state index contributed by atoms with van der Waals surface area (Å²) in [5.74, 6) is -1.90. The molecule has 0 aromatic heterocycles. The molecule has 0 unspecified atom stereocenters. The molecule has 0 aliphatic rings. The Morgan fingerprint density at radius 2 is 1.32 bits per heavy atom. The first-order valence-corrected chi connectivity index (χ1v) is 9.71. The summed E-state index contributed by atoms with van der Waals surface area (Å²) in [7, 11) is -3.86. The molecule has 3 rings (SSSR count). The normalized spacial score (nSPS) is 10.5. The first-order valence-electron chi connectivity index (χ1n) is 8.22. The van der Waals surface area contributed by atoms with E-state index in [9.17, 15) is 37.4 Å². The molecule has 3 aromatic rings. The summed E-state index contributed by atoms with van der Waals surface area (Å²) in [6.07, 6.45) is 0. The number of nitro groups is 2. The molecule has 0 radical (unpaired) electrons. The summed E-state index contributed by atoms with van der Waals surface area (Å²) in [6, 6.07) is 13.5. The summed E-state index contributed by atoms with van der Waals surface area (Å²) in [5.41, 5.74) is 3.91. The molecular weight excluding hydrogens is 438 g/mol. The third-order valence-electron chi connectivity index (χ3n) is 3.62. The smallest absolute Gasteiger partial charge is 0.306 e. The van der Waals surface area contributed by atoms with Gasteiger partial charge in [0.15, 0.2) is 0 Å². The SMILES string of the molecule is Nc1ccc(F)c([N+](=O)[O-])c1.O=[N+]([O-])c1cc(NS(=O)(=O)c2ccccc2)ccc1F. The van der Waals surface area contributed by atoms with E-state index < -0.39 is 42.9 Å². The number of benzene rings is 3. The zero-order chi connectivity index (χ0) is 23.2. The maximum atomic E-state index is 13.2. The van der Waals surface area contributed by atoms with Crippen molar-refractivity contribution in [1.29, 1.82) is 0 Å². The Balaban J connectivity index is 0.000000262. The summed E-state index contributed by atoms with van der Waals surface area (Å²) >= 11 is 0. The van der Waals surface area contributed by atoms with Gasteiger partial charge in [-0.1, -0.05) is 18.2 Å². The number of halogens is 2. The van der Waals surface area contributed by atoms with Crippen LogP contribution in [0.2, 0.25) is 0 Å². The molecule has 0 bridgehead atoms. The molecule has 3 N–H and O–H groups in total. The van der Waals surface area contributed by atoms with Gasteiger partial charge in [0.05, 0.1) is 20.4 Å². The summed E-state index contributed by atoms with van der Waals surface area (Å²) < 4.78 is 51.8. The van der Waals surface area contributed by atoms with Crippen LogP contribution in [0.3, 0.4) is 0 Å². The number of hydrogen-bond donors (Lipinski definition) is 2. The van der Waals surface area contributed by atoms with Crippen LogP contribution in [0, 0.1) is 31.9 Å². The van der Waals surface area contributed by atoms with Gasteiger partial charge in [-0.25, -0.2) is 8.42 Å². The lowest BCUT2D eigenvalue weighted by Gasteiger charge is -2.07. The minimum absolute atomic E-state index is 0.00646. The lowest BCUT2D eigenvalue weighted by atomic mass is 10.3. The number of rotatable bonds is 5. The highest BCUT2D eigenvalue weighted by Gasteiger charge is 2.18. The highest BCUT2D eigenvalue weighted by Crippen LogP contribution is 2.24. The molecule has 0 spiro atoms. The quantitative estimate of drug-likeness (QED) is 0.338. The van der Waals surface area contributed by atoms with Crippen LogP contribution in [-0.4, -0.2) is 18.3 Å². The molecule has 0 saturated carbocycles. The number of nitrogen functional groups attached to an aromatic ring is 1. The maximum Gasteiger partial charge on any atom is 0.306 e. The van der Waals surface area contributed by atoms with Gasteiger partial charge in [-0.05, 0) is 36.4 Å². The highest BCUT2D eigenvalue weighted by molar-refractivity contribution is 7.92. The number of nitrogens with zero attached hydrogens (tertiary/aromatic N) is 2. The van der Waals surface area contributed by atoms with E-state index in [1.807, 2.05) is 0 Å². The fourth-order valence-corrected chi connectivity index (χ4v) is 3.27. The largest absolute Gasteiger partial charge is 0.399 e. The second-order valence-electron chi connectivity index (χ2n) is 5.81. The topological polar surface area (TPSA) is 158 Å². The average Bonchev–Trinajstić information content (AvgIpc) is 2.72. The van der Waals surface area contributed by atoms with Crippen molar-refractivity contribution in [1.82, 2.24) is 0 Å². The van der Waals surface area contributed by atoms with Crippen LogP contribution in [0.4, 0.5) is 31.5 Å². The third-order valence-corrected chi connectivity index (χ3v) is 5.01. The molecule has 31 heavy (non-hydrogen) atoms. The standard InChI is InChI=1S/C12H9FN2O4S.C6H5FN2O2/c13-11-7-6-9(8-12(11)15(16)17)14-20(18,19)10-4-2-1-3-5-10;7-5-2-1-4(8)3-6(5)9(10)11/h1-8,14H;1-3H,8H2. The molecule has 13 heteroatoms. The van der Waals surface area contributed by atoms with Crippen LogP contribution >= 0.6 is 0 Å². The van der Waals surface area contributed by atoms with E-state index in [2.05, 4.69) is 4.72 Å². The van der Waals surface area contributed by atoms with Crippen molar-refractivity contribution in [2.24, 2.45) is 0 Å². The van der Waals surface area contributed by atoms with Crippen molar-refractivity contribution in [2.45, 2.75) is 4.90 Å². The van der Waals surface area contributed by atoms with Crippen molar-refractivity contribution >= 4 is 32.8 Å². The van der Waals surface area contributed by atoms with Crippen LogP contribution in [-0.2, 0) is 10.0 Å². The second-order valence-corrected chi connectivity index (χ2v) is 7.49. The van der Waals surface area contributed by atoms with Crippen molar-refractivity contribution in [3.8, 4) is 0 Å². The van der Waals surface area contributed by atoms with E-state index in [0.717, 1.165) is 30.3 Å². The predicted molar refractivity (Wildman–Crippen MR) is 108 cm³/mol. The first kappa shape index (κ1) is 23.2. The van der Waals surface area contributed by atoms with Gasteiger partial charge in [-0.15, -0.1) is 0 Å². The Bertz CT molecular complexity index is 1220. The van der Waals surface area contributed by atoms with Gasteiger partial charge in [0.25, 0.3) is 10.0 Å². The molecule has 0 amide bonds. The molecule has 3 aromatic carbocycles. The number of sulfonamides is 1. The zero-order valence-electron chi connectivity index (χ0n) is 15.4. The Kier molecular flexibility index (Phi) is 7.15. The number of hydrogen-bond acceptors (Lipinski definition) is 7. The minimum atomic E-state index is -3.86. The van der Waals surface area contributed by atoms with Crippen LogP contribution in [0.5, 0.6) is 0 Å². The Hall–Kier alpha value is -4.13. The van der Waals surface area contributed by atoms with E-state index in [1.165, 1.54) is 18.2 Å². The van der Waals surface area contributed by atoms with Gasteiger partial charge in [-0.2, -0.15) is 8.78 Å². The summed E-state index contributed by atoms with van der Waals surface area (Å²) in [6.45, 7) is 0. The second kappa shape index (κ2) is 9.58. The van der Waals surface area contributed by atoms with E-state index in [0.29, 0.717) is 0 Å². The van der Waals surface area contributed by atoms with E-state index in [-0.39, 0.29) is 16.3 Å². The highest BCUT2D eigenvalue weighted by atomic mass is 32.2. The van der Waals surface area contributed by atoms with Crippen molar-refractivity contribution in [3.63, 3.8) is 0 Å². The Morgan fingerprint density at radius 3 is 1.84 bits per heavy atom.